The van der Waals surface area contributed by atoms with Gasteiger partial charge in [0.05, 0.1) is 12.7 Å². The van der Waals surface area contributed by atoms with E-state index in [9.17, 15) is 5.11 Å². The lowest BCUT2D eigenvalue weighted by Gasteiger charge is -2.11. The molecule has 1 aromatic rings. The van der Waals surface area contributed by atoms with Crippen LogP contribution in [0.4, 0.5) is 11.4 Å². The number of methoxy groups -OCH3 is 1. The number of halogens is 1. The van der Waals surface area contributed by atoms with Gasteiger partial charge in [-0.15, -0.1) is 12.4 Å². The third-order valence-electron chi connectivity index (χ3n) is 1.81. The fraction of sp³-hybridized carbons (Fsp3) is 0.400. The van der Waals surface area contributed by atoms with Crippen molar-refractivity contribution >= 4 is 23.8 Å². The van der Waals surface area contributed by atoms with Crippen molar-refractivity contribution in [2.75, 3.05) is 31.3 Å². The number of nitrogen functional groups attached to an aromatic ring is 1. The summed E-state index contributed by atoms with van der Waals surface area (Å²) in [6.07, 6.45) is -0.488. The summed E-state index contributed by atoms with van der Waals surface area (Å²) < 4.78 is 4.80. The molecule has 0 aromatic heterocycles. The van der Waals surface area contributed by atoms with Gasteiger partial charge in [0, 0.05) is 25.0 Å². The van der Waals surface area contributed by atoms with Crippen LogP contribution >= 0.6 is 12.4 Å². The molecule has 1 aromatic carbocycles. The first-order valence-electron chi connectivity index (χ1n) is 4.49. The highest BCUT2D eigenvalue weighted by Crippen LogP contribution is 2.10. The maximum absolute atomic E-state index is 9.35. The van der Waals surface area contributed by atoms with E-state index in [4.69, 9.17) is 10.5 Å². The molecule has 4 N–H and O–H groups in total. The van der Waals surface area contributed by atoms with Gasteiger partial charge in [-0.05, 0) is 24.3 Å². The van der Waals surface area contributed by atoms with E-state index < -0.39 is 6.10 Å². The first-order chi connectivity index (χ1) is 6.72. The Morgan fingerprint density at radius 1 is 1.40 bits per heavy atom. The van der Waals surface area contributed by atoms with E-state index in [1.807, 2.05) is 24.3 Å². The molecule has 0 heterocycles. The maximum Gasteiger partial charge on any atom is 0.0945 e. The zero-order valence-electron chi connectivity index (χ0n) is 8.64. The first-order valence-corrected chi connectivity index (χ1v) is 4.49. The number of benzene rings is 1. The number of hydrogen-bond donors (Lipinski definition) is 3. The zero-order valence-corrected chi connectivity index (χ0v) is 9.46. The lowest BCUT2D eigenvalue weighted by molar-refractivity contribution is 0.0727. The molecule has 0 aliphatic carbocycles. The zero-order chi connectivity index (χ0) is 10.4. The predicted octanol–water partition coefficient (Wildman–Crippen LogP) is 1.11. The molecule has 5 heteroatoms. The fourth-order valence-electron chi connectivity index (χ4n) is 1.09. The van der Waals surface area contributed by atoms with Crippen LogP contribution in [0.2, 0.25) is 0 Å². The summed E-state index contributed by atoms with van der Waals surface area (Å²) in [5.41, 5.74) is 7.20. The van der Waals surface area contributed by atoms with Crippen LogP contribution in [0.1, 0.15) is 0 Å². The van der Waals surface area contributed by atoms with Crippen molar-refractivity contribution in [2.24, 2.45) is 0 Å². The van der Waals surface area contributed by atoms with E-state index in [0.717, 1.165) is 11.4 Å². The number of hydrogen-bond acceptors (Lipinski definition) is 4. The molecule has 15 heavy (non-hydrogen) atoms. The Balaban J connectivity index is 0.00000196. The lowest BCUT2D eigenvalue weighted by Crippen LogP contribution is -2.24. The molecule has 0 aliphatic heterocycles. The second-order valence-corrected chi connectivity index (χ2v) is 3.11. The Morgan fingerprint density at radius 2 is 2.00 bits per heavy atom. The number of aliphatic hydroxyl groups excluding tert-OH is 1. The summed E-state index contributed by atoms with van der Waals surface area (Å²) in [4.78, 5) is 0. The van der Waals surface area contributed by atoms with Crippen LogP contribution in [0.15, 0.2) is 24.3 Å². The van der Waals surface area contributed by atoms with Crippen molar-refractivity contribution in [3.05, 3.63) is 24.3 Å². The van der Waals surface area contributed by atoms with Gasteiger partial charge in [-0.3, -0.25) is 0 Å². The van der Waals surface area contributed by atoms with Gasteiger partial charge >= 0.3 is 0 Å². The SMILES string of the molecule is COCC(O)CNc1ccc(N)cc1.Cl. The first kappa shape index (κ1) is 14.0. The van der Waals surface area contributed by atoms with Gasteiger partial charge in [-0.2, -0.15) is 0 Å². The van der Waals surface area contributed by atoms with Crippen molar-refractivity contribution < 1.29 is 9.84 Å². The third-order valence-corrected chi connectivity index (χ3v) is 1.81. The molecule has 1 unspecified atom stereocenters. The number of nitrogens with two attached hydrogens (primary N) is 1. The minimum atomic E-state index is -0.488. The summed E-state index contributed by atoms with van der Waals surface area (Å²) in [6.45, 7) is 0.805. The number of anilines is 2. The van der Waals surface area contributed by atoms with Gasteiger partial charge in [0.15, 0.2) is 0 Å². The quantitative estimate of drug-likeness (QED) is 0.666. The fourth-order valence-corrected chi connectivity index (χ4v) is 1.09. The number of rotatable bonds is 5. The minimum Gasteiger partial charge on any atom is -0.399 e. The molecule has 0 bridgehead atoms. The molecule has 0 saturated carbocycles. The van der Waals surface area contributed by atoms with Gasteiger partial charge in [-0.25, -0.2) is 0 Å². The number of nitrogens with one attached hydrogen (secondary N) is 1. The van der Waals surface area contributed by atoms with Crippen molar-refractivity contribution in [1.29, 1.82) is 0 Å². The second-order valence-electron chi connectivity index (χ2n) is 3.11. The van der Waals surface area contributed by atoms with Crippen LogP contribution in [0.3, 0.4) is 0 Å². The van der Waals surface area contributed by atoms with Crippen LogP contribution in [0.5, 0.6) is 0 Å². The summed E-state index contributed by atoms with van der Waals surface area (Å²) in [7, 11) is 1.56. The highest BCUT2D eigenvalue weighted by Gasteiger charge is 2.01. The monoisotopic (exact) mass is 232 g/mol. The Labute approximate surface area is 95.8 Å². The van der Waals surface area contributed by atoms with Crippen LogP contribution in [-0.2, 0) is 4.74 Å². The molecule has 0 amide bonds. The van der Waals surface area contributed by atoms with Gasteiger partial charge in [0.1, 0.15) is 0 Å². The van der Waals surface area contributed by atoms with Crippen LogP contribution < -0.4 is 11.1 Å². The summed E-state index contributed by atoms with van der Waals surface area (Å²) in [5, 5.41) is 12.4. The summed E-state index contributed by atoms with van der Waals surface area (Å²) in [5.74, 6) is 0. The molecule has 0 saturated heterocycles. The molecule has 0 spiro atoms. The third kappa shape index (κ3) is 5.47. The highest BCUT2D eigenvalue weighted by molar-refractivity contribution is 5.85. The Hall–Kier alpha value is -0.970. The van der Waals surface area contributed by atoms with Crippen molar-refractivity contribution in [3.8, 4) is 0 Å². The molecule has 0 radical (unpaired) electrons. The maximum atomic E-state index is 9.35. The van der Waals surface area contributed by atoms with E-state index in [-0.39, 0.29) is 12.4 Å². The lowest BCUT2D eigenvalue weighted by atomic mass is 10.2. The molecule has 1 atom stereocenters. The molecule has 0 aliphatic rings. The normalized spacial score (nSPS) is 11.6. The van der Waals surface area contributed by atoms with Crippen molar-refractivity contribution in [1.82, 2.24) is 0 Å². The smallest absolute Gasteiger partial charge is 0.0945 e. The molecule has 4 nitrogen and oxygen atoms in total. The van der Waals surface area contributed by atoms with E-state index in [1.165, 1.54) is 0 Å². The van der Waals surface area contributed by atoms with E-state index in [1.54, 1.807) is 7.11 Å². The largest absolute Gasteiger partial charge is 0.399 e. The molecule has 0 fully saturated rings. The summed E-state index contributed by atoms with van der Waals surface area (Å²) in [6, 6.07) is 7.36. The van der Waals surface area contributed by atoms with Gasteiger partial charge < -0.3 is 20.9 Å². The number of ether oxygens (including phenoxy) is 1. The van der Waals surface area contributed by atoms with Gasteiger partial charge in [0.25, 0.3) is 0 Å². The van der Waals surface area contributed by atoms with Crippen molar-refractivity contribution in [3.63, 3.8) is 0 Å². The van der Waals surface area contributed by atoms with Crippen LogP contribution in [0.25, 0.3) is 0 Å². The minimum absolute atomic E-state index is 0. The topological polar surface area (TPSA) is 67.5 Å². The molecule has 1 rings (SSSR count). The Morgan fingerprint density at radius 3 is 2.53 bits per heavy atom. The average molecular weight is 233 g/mol. The Kier molecular flexibility index (Phi) is 6.86. The van der Waals surface area contributed by atoms with Crippen LogP contribution in [0, 0.1) is 0 Å². The van der Waals surface area contributed by atoms with Gasteiger partial charge in [0.2, 0.25) is 0 Å². The average Bonchev–Trinajstić information content (AvgIpc) is 2.17. The predicted molar refractivity (Wildman–Crippen MR) is 64.5 cm³/mol. The standard InChI is InChI=1S/C10H16N2O2.ClH/c1-14-7-10(13)6-12-9-4-2-8(11)3-5-9;/h2-5,10,12-13H,6-7,11H2,1H3;1H. The van der Waals surface area contributed by atoms with Crippen LogP contribution in [-0.4, -0.2) is 31.5 Å². The van der Waals surface area contributed by atoms with Gasteiger partial charge in [-0.1, -0.05) is 0 Å². The Bertz CT molecular complexity index is 267. The van der Waals surface area contributed by atoms with E-state index in [0.29, 0.717) is 13.2 Å². The molecular formula is C10H17ClN2O2. The van der Waals surface area contributed by atoms with E-state index >= 15 is 0 Å². The van der Waals surface area contributed by atoms with E-state index in [2.05, 4.69) is 5.32 Å². The highest BCUT2D eigenvalue weighted by atomic mass is 35.5. The molecule has 86 valence electrons. The summed E-state index contributed by atoms with van der Waals surface area (Å²) >= 11 is 0. The second kappa shape index (κ2) is 7.34. The van der Waals surface area contributed by atoms with Crippen molar-refractivity contribution in [2.45, 2.75) is 6.10 Å². The number of aliphatic hydroxyl groups is 1. The molecular weight excluding hydrogens is 216 g/mol.